The first kappa shape index (κ1) is 19.4. The van der Waals surface area contributed by atoms with Crippen LogP contribution >= 0.6 is 0 Å². The molecule has 3 N–H and O–H groups in total. The van der Waals surface area contributed by atoms with Crippen LogP contribution in [0.25, 0.3) is 0 Å². The number of aryl methyl sites for hydroxylation is 1. The highest BCUT2D eigenvalue weighted by molar-refractivity contribution is 6.06. The lowest BCUT2D eigenvalue weighted by Crippen LogP contribution is -2.45. The van der Waals surface area contributed by atoms with E-state index in [0.717, 1.165) is 32.1 Å². The number of benzene rings is 1. The molecule has 0 bridgehead atoms. The van der Waals surface area contributed by atoms with Crippen LogP contribution in [0.15, 0.2) is 35.3 Å². The maximum atomic E-state index is 13.1. The second-order valence-electron chi connectivity index (χ2n) is 7.99. The summed E-state index contributed by atoms with van der Waals surface area (Å²) < 4.78 is 0. The lowest BCUT2D eigenvalue weighted by Gasteiger charge is -2.34. The van der Waals surface area contributed by atoms with Gasteiger partial charge in [0.05, 0.1) is 0 Å². The van der Waals surface area contributed by atoms with Crippen LogP contribution in [-0.2, 0) is 16.0 Å². The van der Waals surface area contributed by atoms with E-state index in [1.54, 1.807) is 14.0 Å². The van der Waals surface area contributed by atoms with Gasteiger partial charge in [-0.05, 0) is 43.6 Å². The van der Waals surface area contributed by atoms with Gasteiger partial charge in [0.15, 0.2) is 5.96 Å². The quantitative estimate of drug-likeness (QED) is 0.805. The molecule has 1 aliphatic carbocycles. The van der Waals surface area contributed by atoms with Crippen molar-refractivity contribution in [3.05, 3.63) is 35.9 Å². The zero-order chi connectivity index (χ0) is 19.4. The number of carbonyl (C=O) groups excluding carboxylic acids is 2. The van der Waals surface area contributed by atoms with Crippen molar-refractivity contribution in [2.45, 2.75) is 63.5 Å². The van der Waals surface area contributed by atoms with Crippen LogP contribution < -0.4 is 11.1 Å². The maximum Gasteiger partial charge on any atom is 0.257 e. The van der Waals surface area contributed by atoms with E-state index >= 15 is 0 Å². The topological polar surface area (TPSA) is 87.8 Å². The van der Waals surface area contributed by atoms with Crippen LogP contribution in [0.4, 0.5) is 0 Å². The zero-order valence-corrected chi connectivity index (χ0v) is 16.3. The Morgan fingerprint density at radius 1 is 1.33 bits per heavy atom. The highest BCUT2D eigenvalue weighted by atomic mass is 16.2. The van der Waals surface area contributed by atoms with E-state index in [1.807, 2.05) is 18.2 Å². The van der Waals surface area contributed by atoms with Gasteiger partial charge in [0, 0.05) is 20.0 Å². The molecular weight excluding hydrogens is 340 g/mol. The molecule has 0 spiro atoms. The predicted molar refractivity (Wildman–Crippen MR) is 106 cm³/mol. The Labute approximate surface area is 161 Å². The molecular formula is C21H30N4O2. The molecule has 1 heterocycles. The lowest BCUT2D eigenvalue weighted by molar-refractivity contribution is -0.131. The molecule has 146 valence electrons. The van der Waals surface area contributed by atoms with Crippen LogP contribution in [0, 0.1) is 5.92 Å². The average Bonchev–Trinajstić information content (AvgIpc) is 2.85. The Hall–Kier alpha value is -2.37. The van der Waals surface area contributed by atoms with E-state index in [2.05, 4.69) is 22.4 Å². The van der Waals surface area contributed by atoms with Gasteiger partial charge in [0.25, 0.3) is 5.91 Å². The minimum Gasteiger partial charge on any atom is -0.369 e. The molecule has 1 aromatic rings. The Morgan fingerprint density at radius 3 is 2.70 bits per heavy atom. The van der Waals surface area contributed by atoms with E-state index in [4.69, 9.17) is 5.73 Å². The molecule has 1 fully saturated rings. The van der Waals surface area contributed by atoms with E-state index in [1.165, 1.54) is 10.5 Å². The highest BCUT2D eigenvalue weighted by Gasteiger charge is 2.47. The number of carbonyl (C=O) groups is 2. The van der Waals surface area contributed by atoms with E-state index in [-0.39, 0.29) is 17.9 Å². The molecule has 6 nitrogen and oxygen atoms in total. The van der Waals surface area contributed by atoms with Crippen molar-refractivity contribution in [2.75, 3.05) is 7.05 Å². The van der Waals surface area contributed by atoms with Gasteiger partial charge < -0.3 is 11.1 Å². The fraction of sp³-hybridized carbons (Fsp3) is 0.571. The van der Waals surface area contributed by atoms with Crippen molar-refractivity contribution in [1.29, 1.82) is 0 Å². The van der Waals surface area contributed by atoms with E-state index in [0.29, 0.717) is 24.7 Å². The first-order valence-corrected chi connectivity index (χ1v) is 9.84. The van der Waals surface area contributed by atoms with Crippen molar-refractivity contribution in [2.24, 2.45) is 16.6 Å². The van der Waals surface area contributed by atoms with Crippen LogP contribution in [0.2, 0.25) is 0 Å². The Morgan fingerprint density at radius 2 is 2.07 bits per heavy atom. The van der Waals surface area contributed by atoms with Crippen molar-refractivity contribution in [1.82, 2.24) is 10.2 Å². The molecule has 6 heteroatoms. The van der Waals surface area contributed by atoms with Gasteiger partial charge in [-0.1, -0.05) is 43.2 Å². The van der Waals surface area contributed by atoms with Crippen LogP contribution in [0.3, 0.4) is 0 Å². The Balaban J connectivity index is 1.74. The molecule has 3 atom stereocenters. The minimum atomic E-state index is -0.780. The van der Waals surface area contributed by atoms with Crippen LogP contribution in [-0.4, -0.2) is 41.3 Å². The van der Waals surface area contributed by atoms with Gasteiger partial charge in [0.1, 0.15) is 5.54 Å². The van der Waals surface area contributed by atoms with Crippen molar-refractivity contribution >= 4 is 17.8 Å². The summed E-state index contributed by atoms with van der Waals surface area (Å²) in [4.78, 5) is 30.6. The van der Waals surface area contributed by atoms with Crippen LogP contribution in [0.1, 0.15) is 51.0 Å². The fourth-order valence-electron chi connectivity index (χ4n) is 4.52. The third kappa shape index (κ3) is 4.49. The molecule has 27 heavy (non-hydrogen) atoms. The zero-order valence-electron chi connectivity index (χ0n) is 16.3. The average molecular weight is 370 g/mol. The normalized spacial score (nSPS) is 28.1. The van der Waals surface area contributed by atoms with Crippen molar-refractivity contribution < 1.29 is 9.59 Å². The van der Waals surface area contributed by atoms with E-state index < -0.39 is 5.54 Å². The summed E-state index contributed by atoms with van der Waals surface area (Å²) >= 11 is 0. The second-order valence-corrected chi connectivity index (χ2v) is 7.99. The summed E-state index contributed by atoms with van der Waals surface area (Å²) in [6.45, 7) is 1.56. The molecule has 2 amide bonds. The number of rotatable bonds is 6. The molecule has 0 aromatic heterocycles. The maximum absolute atomic E-state index is 13.1. The van der Waals surface area contributed by atoms with Gasteiger partial charge in [-0.2, -0.15) is 0 Å². The first-order chi connectivity index (χ1) is 12.9. The number of nitrogens with two attached hydrogens (primary N) is 1. The molecule has 0 unspecified atom stereocenters. The number of guanidine groups is 1. The van der Waals surface area contributed by atoms with Crippen molar-refractivity contribution in [3.63, 3.8) is 0 Å². The number of hydrogen-bond donors (Lipinski definition) is 2. The molecule has 1 aromatic carbocycles. The largest absolute Gasteiger partial charge is 0.369 e. The molecule has 0 saturated heterocycles. The monoisotopic (exact) mass is 370 g/mol. The fourth-order valence-corrected chi connectivity index (χ4v) is 4.52. The minimum absolute atomic E-state index is 0.00224. The summed E-state index contributed by atoms with van der Waals surface area (Å²) in [6.07, 6.45) is 6.18. The molecule has 1 saturated carbocycles. The standard InChI is InChI=1S/C21H30N4O2/c1-15(26)23-18-10-6-9-17(13-18)14-21(19(27)25(2)20(22)24-21)12-11-16-7-4-3-5-8-16/h3-5,7-8,17-18H,6,9-14H2,1-2H3,(H2,22,24)(H,23,26)/t17-,18+,21+/m0/s1. The Bertz CT molecular complexity index is 718. The first-order valence-electron chi connectivity index (χ1n) is 9.84. The number of nitrogens with one attached hydrogen (secondary N) is 1. The number of likely N-dealkylation sites (N-methyl/N-ethyl adjacent to an activating group) is 1. The van der Waals surface area contributed by atoms with Gasteiger partial charge in [0.2, 0.25) is 5.91 Å². The second kappa shape index (κ2) is 8.11. The molecule has 2 aliphatic rings. The Kier molecular flexibility index (Phi) is 5.82. The third-order valence-corrected chi connectivity index (χ3v) is 5.86. The SMILES string of the molecule is CC(=O)N[C@@H]1CCC[C@H](C[C@@]2(CCc3ccccc3)N=C(N)N(C)C2=O)C1. The summed E-state index contributed by atoms with van der Waals surface area (Å²) in [5, 5.41) is 3.04. The van der Waals surface area contributed by atoms with Crippen LogP contribution in [0.5, 0.6) is 0 Å². The van der Waals surface area contributed by atoms with Gasteiger partial charge in [-0.25, -0.2) is 4.99 Å². The number of nitrogens with zero attached hydrogens (tertiary/aromatic N) is 2. The smallest absolute Gasteiger partial charge is 0.257 e. The summed E-state index contributed by atoms with van der Waals surface area (Å²) in [7, 11) is 1.70. The predicted octanol–water partition coefficient (Wildman–Crippen LogP) is 2.23. The summed E-state index contributed by atoms with van der Waals surface area (Å²) in [6, 6.07) is 10.4. The number of aliphatic imine (C=N–C) groups is 1. The molecule has 0 radical (unpaired) electrons. The highest BCUT2D eigenvalue weighted by Crippen LogP contribution is 2.38. The third-order valence-electron chi connectivity index (χ3n) is 5.86. The van der Waals surface area contributed by atoms with Gasteiger partial charge in [-0.15, -0.1) is 0 Å². The molecule has 3 rings (SSSR count). The summed E-state index contributed by atoms with van der Waals surface area (Å²) in [5.41, 5.74) is 6.43. The summed E-state index contributed by atoms with van der Waals surface area (Å²) in [5.74, 6) is 0.677. The number of amides is 2. The lowest BCUT2D eigenvalue weighted by atomic mass is 9.75. The van der Waals surface area contributed by atoms with Gasteiger partial charge in [-0.3, -0.25) is 14.5 Å². The van der Waals surface area contributed by atoms with E-state index in [9.17, 15) is 9.59 Å². The van der Waals surface area contributed by atoms with Crippen molar-refractivity contribution in [3.8, 4) is 0 Å². The molecule has 1 aliphatic heterocycles. The van der Waals surface area contributed by atoms with Gasteiger partial charge >= 0.3 is 0 Å². The number of hydrogen-bond acceptors (Lipinski definition) is 4.